The molecule has 0 aliphatic carbocycles. The van der Waals surface area contributed by atoms with Gasteiger partial charge in [-0.25, -0.2) is 4.98 Å². The Morgan fingerprint density at radius 2 is 2.04 bits per heavy atom. The maximum absolute atomic E-state index is 5.29. The molecule has 0 radical (unpaired) electrons. The Morgan fingerprint density at radius 3 is 2.96 bits per heavy atom. The lowest BCUT2D eigenvalue weighted by atomic mass is 10.3. The van der Waals surface area contributed by atoms with E-state index in [1.807, 2.05) is 59.4 Å². The molecular formula is C17H12N6OS. The maximum atomic E-state index is 5.29. The van der Waals surface area contributed by atoms with Gasteiger partial charge in [0.25, 0.3) is 0 Å². The summed E-state index contributed by atoms with van der Waals surface area (Å²) in [6.07, 6.45) is 7.25. The van der Waals surface area contributed by atoms with Gasteiger partial charge in [-0.1, -0.05) is 23.5 Å². The van der Waals surface area contributed by atoms with E-state index in [2.05, 4.69) is 20.3 Å². The van der Waals surface area contributed by atoms with E-state index in [1.165, 1.54) is 11.3 Å². The Labute approximate surface area is 145 Å². The highest BCUT2D eigenvalue weighted by atomic mass is 32.1. The van der Waals surface area contributed by atoms with Gasteiger partial charge >= 0.3 is 0 Å². The smallest absolute Gasteiger partial charge is 0.235 e. The van der Waals surface area contributed by atoms with Crippen molar-refractivity contribution in [2.45, 2.75) is 6.54 Å². The molecular weight excluding hydrogens is 336 g/mol. The number of benzene rings is 1. The van der Waals surface area contributed by atoms with Crippen LogP contribution in [-0.4, -0.2) is 29.4 Å². The van der Waals surface area contributed by atoms with Crippen molar-refractivity contribution in [3.8, 4) is 0 Å². The van der Waals surface area contributed by atoms with Crippen molar-refractivity contribution in [3.05, 3.63) is 65.6 Å². The molecule has 0 fully saturated rings. The lowest BCUT2D eigenvalue weighted by molar-refractivity contribution is 0.557. The van der Waals surface area contributed by atoms with Gasteiger partial charge in [-0.05, 0) is 36.4 Å². The number of hydrogen-bond acceptors (Lipinski definition) is 6. The van der Waals surface area contributed by atoms with Gasteiger partial charge in [0.15, 0.2) is 5.82 Å². The second kappa shape index (κ2) is 5.67. The number of furan rings is 1. The molecule has 4 aromatic heterocycles. The first-order valence-corrected chi connectivity index (χ1v) is 8.51. The van der Waals surface area contributed by atoms with E-state index in [0.717, 1.165) is 32.6 Å². The van der Waals surface area contributed by atoms with Crippen LogP contribution in [0.15, 0.2) is 53.4 Å². The first kappa shape index (κ1) is 14.1. The largest absolute Gasteiger partial charge is 0.465 e. The van der Waals surface area contributed by atoms with Crippen LogP contribution in [0.4, 0.5) is 0 Å². The molecule has 0 aliphatic rings. The van der Waals surface area contributed by atoms with Crippen LogP contribution >= 0.6 is 11.3 Å². The first-order chi connectivity index (χ1) is 12.4. The molecule has 0 saturated carbocycles. The molecule has 0 N–H and O–H groups in total. The molecule has 0 atom stereocenters. The van der Waals surface area contributed by atoms with Crippen molar-refractivity contribution in [2.24, 2.45) is 0 Å². The van der Waals surface area contributed by atoms with Crippen LogP contribution in [0.3, 0.4) is 0 Å². The third-order valence-corrected chi connectivity index (χ3v) is 4.71. The monoisotopic (exact) mass is 348 g/mol. The molecule has 1 aromatic carbocycles. The molecule has 4 heterocycles. The first-order valence-electron chi connectivity index (χ1n) is 7.69. The van der Waals surface area contributed by atoms with Crippen molar-refractivity contribution in [2.75, 3.05) is 0 Å². The Balaban J connectivity index is 1.47. The van der Waals surface area contributed by atoms with Crippen molar-refractivity contribution in [3.63, 3.8) is 0 Å². The second-order valence-electron chi connectivity index (χ2n) is 5.46. The van der Waals surface area contributed by atoms with Crippen molar-refractivity contribution in [1.29, 1.82) is 0 Å². The van der Waals surface area contributed by atoms with Crippen LogP contribution in [0, 0.1) is 0 Å². The predicted molar refractivity (Wildman–Crippen MR) is 95.1 cm³/mol. The topological polar surface area (TPSA) is 74.0 Å². The third kappa shape index (κ3) is 2.52. The number of rotatable bonds is 4. The van der Waals surface area contributed by atoms with Crippen LogP contribution in [0.5, 0.6) is 0 Å². The van der Waals surface area contributed by atoms with Gasteiger partial charge in [-0.15, -0.1) is 10.2 Å². The highest BCUT2D eigenvalue weighted by molar-refractivity contribution is 7.17. The van der Waals surface area contributed by atoms with Crippen LogP contribution < -0.4 is 0 Å². The SMILES string of the molecule is C(=Cc1nn2c(Cn3cnc4ccccc43)nnc2s1)c1ccco1. The normalized spacial score (nSPS) is 12.0. The van der Waals surface area contributed by atoms with E-state index < -0.39 is 0 Å². The molecule has 0 amide bonds. The van der Waals surface area contributed by atoms with Crippen LogP contribution in [-0.2, 0) is 6.54 Å². The Morgan fingerprint density at radius 1 is 1.08 bits per heavy atom. The average molecular weight is 348 g/mol. The standard InChI is InChI=1S/C17H12N6OS/c1-2-6-14-13(5-1)18-11-22(14)10-15-19-20-17-23(15)21-16(25-17)8-7-12-4-3-9-24-12/h1-9,11H,10H2. The summed E-state index contributed by atoms with van der Waals surface area (Å²) in [4.78, 5) is 5.17. The molecule has 0 saturated heterocycles. The number of nitrogens with zero attached hydrogens (tertiary/aromatic N) is 6. The minimum absolute atomic E-state index is 0.562. The summed E-state index contributed by atoms with van der Waals surface area (Å²) < 4.78 is 9.11. The summed E-state index contributed by atoms with van der Waals surface area (Å²) in [7, 11) is 0. The molecule has 5 rings (SSSR count). The molecule has 5 aromatic rings. The molecule has 0 unspecified atom stereocenters. The number of imidazole rings is 1. The van der Waals surface area contributed by atoms with E-state index in [-0.39, 0.29) is 0 Å². The highest BCUT2D eigenvalue weighted by Crippen LogP contribution is 2.19. The van der Waals surface area contributed by atoms with Gasteiger partial charge in [-0.3, -0.25) is 0 Å². The van der Waals surface area contributed by atoms with Crippen molar-refractivity contribution < 1.29 is 4.42 Å². The second-order valence-corrected chi connectivity index (χ2v) is 6.45. The fourth-order valence-corrected chi connectivity index (χ4v) is 3.43. The number of aromatic nitrogens is 6. The summed E-state index contributed by atoms with van der Waals surface area (Å²) in [5, 5.41) is 13.9. The maximum Gasteiger partial charge on any atom is 0.235 e. The lowest BCUT2D eigenvalue weighted by Gasteiger charge is -2.00. The fraction of sp³-hybridized carbons (Fsp3) is 0.0588. The molecule has 0 bridgehead atoms. The van der Waals surface area contributed by atoms with Gasteiger partial charge in [0.1, 0.15) is 10.8 Å². The van der Waals surface area contributed by atoms with E-state index >= 15 is 0 Å². The number of hydrogen-bond donors (Lipinski definition) is 0. The van der Waals surface area contributed by atoms with E-state index in [0.29, 0.717) is 6.54 Å². The average Bonchev–Trinajstić information content (AvgIpc) is 3.39. The van der Waals surface area contributed by atoms with Gasteiger partial charge in [0, 0.05) is 0 Å². The van der Waals surface area contributed by atoms with E-state index in [4.69, 9.17) is 4.42 Å². The number of para-hydroxylation sites is 2. The van der Waals surface area contributed by atoms with E-state index in [1.54, 1.807) is 10.8 Å². The summed E-state index contributed by atoms with van der Waals surface area (Å²) in [6.45, 7) is 0.562. The van der Waals surface area contributed by atoms with Gasteiger partial charge in [-0.2, -0.15) is 9.61 Å². The fourth-order valence-electron chi connectivity index (χ4n) is 2.67. The van der Waals surface area contributed by atoms with Crippen molar-refractivity contribution in [1.82, 2.24) is 29.4 Å². The predicted octanol–water partition coefficient (Wildman–Crippen LogP) is 3.35. The van der Waals surface area contributed by atoms with Gasteiger partial charge in [0.05, 0.1) is 30.2 Å². The third-order valence-electron chi connectivity index (χ3n) is 3.84. The minimum Gasteiger partial charge on any atom is -0.465 e. The highest BCUT2D eigenvalue weighted by Gasteiger charge is 2.12. The summed E-state index contributed by atoms with van der Waals surface area (Å²) >= 11 is 1.48. The van der Waals surface area contributed by atoms with Crippen molar-refractivity contribution >= 4 is 39.5 Å². The molecule has 8 heteroatoms. The Bertz CT molecular complexity index is 1180. The van der Waals surface area contributed by atoms with Gasteiger partial charge in [0.2, 0.25) is 4.96 Å². The zero-order valence-corrected chi connectivity index (χ0v) is 13.8. The minimum atomic E-state index is 0.562. The molecule has 25 heavy (non-hydrogen) atoms. The zero-order chi connectivity index (χ0) is 16.6. The zero-order valence-electron chi connectivity index (χ0n) is 13.0. The summed E-state index contributed by atoms with van der Waals surface area (Å²) in [6, 6.07) is 11.8. The van der Waals surface area contributed by atoms with Gasteiger partial charge < -0.3 is 8.98 Å². The van der Waals surface area contributed by atoms with Crippen LogP contribution in [0.1, 0.15) is 16.6 Å². The van der Waals surface area contributed by atoms with E-state index in [9.17, 15) is 0 Å². The molecule has 122 valence electrons. The molecule has 7 nitrogen and oxygen atoms in total. The summed E-state index contributed by atoms with van der Waals surface area (Å²) in [5.41, 5.74) is 2.02. The Kier molecular flexibility index (Phi) is 3.20. The summed E-state index contributed by atoms with van der Waals surface area (Å²) in [5.74, 6) is 1.56. The lowest BCUT2D eigenvalue weighted by Crippen LogP contribution is -2.04. The van der Waals surface area contributed by atoms with Crippen LogP contribution in [0.2, 0.25) is 0 Å². The van der Waals surface area contributed by atoms with Crippen LogP contribution in [0.25, 0.3) is 28.1 Å². The number of fused-ring (bicyclic) bond motifs is 2. The quantitative estimate of drug-likeness (QED) is 0.498. The molecule has 0 aliphatic heterocycles. The molecule has 0 spiro atoms. The Hall–Kier alpha value is -3.26.